The second-order valence-electron chi connectivity index (χ2n) is 5.27. The Labute approximate surface area is 111 Å². The molecule has 0 fully saturated rings. The Morgan fingerprint density at radius 3 is 2.78 bits per heavy atom. The summed E-state index contributed by atoms with van der Waals surface area (Å²) in [5, 5.41) is 3.59. The Balaban J connectivity index is 1.95. The Hall–Kier alpha value is -1.08. The van der Waals surface area contributed by atoms with Gasteiger partial charge < -0.3 is 5.32 Å². The van der Waals surface area contributed by atoms with Gasteiger partial charge in [0.05, 0.1) is 0 Å². The van der Waals surface area contributed by atoms with E-state index < -0.39 is 0 Å². The Bertz CT molecular complexity index is 406. The van der Waals surface area contributed by atoms with Gasteiger partial charge in [-0.2, -0.15) is 0 Å². The molecule has 1 atom stereocenters. The van der Waals surface area contributed by atoms with E-state index in [1.807, 2.05) is 0 Å². The molecule has 0 saturated heterocycles. The van der Waals surface area contributed by atoms with E-state index in [9.17, 15) is 0 Å². The van der Waals surface area contributed by atoms with Crippen LogP contribution < -0.4 is 5.32 Å². The Morgan fingerprint density at radius 1 is 1.22 bits per heavy atom. The summed E-state index contributed by atoms with van der Waals surface area (Å²) < 4.78 is 0. The fraction of sp³-hybridized carbons (Fsp3) is 0.529. The van der Waals surface area contributed by atoms with Gasteiger partial charge in [-0.25, -0.2) is 0 Å². The predicted molar refractivity (Wildman–Crippen MR) is 78.9 cm³/mol. The van der Waals surface area contributed by atoms with Crippen LogP contribution in [-0.2, 0) is 12.8 Å². The lowest BCUT2D eigenvalue weighted by Crippen LogP contribution is -2.20. The maximum atomic E-state index is 3.59. The third-order valence-corrected chi connectivity index (χ3v) is 3.87. The fourth-order valence-electron chi connectivity index (χ4n) is 2.69. The normalized spacial score (nSPS) is 16.8. The fourth-order valence-corrected chi connectivity index (χ4v) is 2.69. The minimum Gasteiger partial charge on any atom is -0.310 e. The molecule has 0 bridgehead atoms. The molecule has 1 aliphatic rings. The topological polar surface area (TPSA) is 12.0 Å². The van der Waals surface area contributed by atoms with Crippen LogP contribution in [0.1, 0.15) is 55.8 Å². The van der Waals surface area contributed by atoms with Crippen LogP contribution in [0.4, 0.5) is 0 Å². The predicted octanol–water partition coefficient (Wildman–Crippen LogP) is 4.18. The molecule has 98 valence electrons. The zero-order valence-corrected chi connectivity index (χ0v) is 11.7. The van der Waals surface area contributed by atoms with E-state index in [1.54, 1.807) is 11.1 Å². The quantitative estimate of drug-likeness (QED) is 0.604. The summed E-state index contributed by atoms with van der Waals surface area (Å²) in [6, 6.07) is 7.52. The van der Waals surface area contributed by atoms with Crippen molar-refractivity contribution in [1.82, 2.24) is 5.32 Å². The molecule has 0 saturated carbocycles. The van der Waals surface area contributed by atoms with Crippen LogP contribution in [0.25, 0.3) is 0 Å². The van der Waals surface area contributed by atoms with Crippen LogP contribution in [0.3, 0.4) is 0 Å². The standard InChI is InChI=1S/C17H25N/c1-3-4-7-12-18-14(2)16-11-10-15-8-5-6-9-17(15)13-16/h3-4,10-11,13-14,18H,5-9,12H2,1-2H3/b4-3+. The maximum absolute atomic E-state index is 3.59. The monoisotopic (exact) mass is 243 g/mol. The van der Waals surface area contributed by atoms with Crippen LogP contribution >= 0.6 is 0 Å². The Morgan fingerprint density at radius 2 is 2.00 bits per heavy atom. The lowest BCUT2D eigenvalue weighted by atomic mass is 9.89. The summed E-state index contributed by atoms with van der Waals surface area (Å²) in [5.74, 6) is 0. The number of allylic oxidation sites excluding steroid dienone is 1. The summed E-state index contributed by atoms with van der Waals surface area (Å²) in [6.07, 6.45) is 10.7. The Kier molecular flexibility index (Phi) is 5.00. The van der Waals surface area contributed by atoms with Crippen molar-refractivity contribution in [3.63, 3.8) is 0 Å². The number of benzene rings is 1. The molecule has 0 aromatic heterocycles. The summed E-state index contributed by atoms with van der Waals surface area (Å²) >= 11 is 0. The first kappa shape index (κ1) is 13.4. The number of aryl methyl sites for hydroxylation is 2. The van der Waals surface area contributed by atoms with E-state index in [0.29, 0.717) is 6.04 Å². The molecule has 1 aromatic carbocycles. The second-order valence-corrected chi connectivity index (χ2v) is 5.27. The molecule has 0 amide bonds. The van der Waals surface area contributed by atoms with Gasteiger partial charge in [0.15, 0.2) is 0 Å². The maximum Gasteiger partial charge on any atom is 0.0292 e. The first-order chi connectivity index (χ1) is 8.81. The highest BCUT2D eigenvalue weighted by Gasteiger charge is 2.11. The van der Waals surface area contributed by atoms with Crippen molar-refractivity contribution in [2.24, 2.45) is 0 Å². The lowest BCUT2D eigenvalue weighted by molar-refractivity contribution is 0.578. The zero-order chi connectivity index (χ0) is 12.8. The van der Waals surface area contributed by atoms with Gasteiger partial charge in [0.25, 0.3) is 0 Å². The van der Waals surface area contributed by atoms with Gasteiger partial charge in [-0.05, 0) is 69.2 Å². The molecule has 18 heavy (non-hydrogen) atoms. The molecule has 1 aliphatic carbocycles. The smallest absolute Gasteiger partial charge is 0.0292 e. The number of hydrogen-bond donors (Lipinski definition) is 1. The lowest BCUT2D eigenvalue weighted by Gasteiger charge is -2.20. The van der Waals surface area contributed by atoms with Crippen LogP contribution in [0, 0.1) is 0 Å². The van der Waals surface area contributed by atoms with Gasteiger partial charge in [-0.3, -0.25) is 0 Å². The van der Waals surface area contributed by atoms with Gasteiger partial charge in [-0.15, -0.1) is 0 Å². The van der Waals surface area contributed by atoms with Gasteiger partial charge in [0.2, 0.25) is 0 Å². The van der Waals surface area contributed by atoms with Crippen molar-refractivity contribution in [2.75, 3.05) is 6.54 Å². The molecule has 0 aliphatic heterocycles. The van der Waals surface area contributed by atoms with Crippen molar-refractivity contribution in [3.05, 3.63) is 47.0 Å². The van der Waals surface area contributed by atoms with Crippen LogP contribution in [0.2, 0.25) is 0 Å². The zero-order valence-electron chi connectivity index (χ0n) is 11.7. The minimum absolute atomic E-state index is 0.461. The molecule has 1 aromatic rings. The van der Waals surface area contributed by atoms with E-state index in [-0.39, 0.29) is 0 Å². The van der Waals surface area contributed by atoms with Gasteiger partial charge >= 0.3 is 0 Å². The average Bonchev–Trinajstić information content (AvgIpc) is 2.43. The van der Waals surface area contributed by atoms with Gasteiger partial charge in [0, 0.05) is 6.04 Å². The second kappa shape index (κ2) is 6.75. The molecule has 0 radical (unpaired) electrons. The number of fused-ring (bicyclic) bond motifs is 1. The SMILES string of the molecule is C/C=C/CCNC(C)c1ccc2c(c1)CCCC2. The highest BCUT2D eigenvalue weighted by atomic mass is 14.9. The van der Waals surface area contributed by atoms with Crippen molar-refractivity contribution in [1.29, 1.82) is 0 Å². The van der Waals surface area contributed by atoms with Crippen LogP contribution in [0.5, 0.6) is 0 Å². The van der Waals surface area contributed by atoms with E-state index in [1.165, 1.54) is 31.2 Å². The van der Waals surface area contributed by atoms with Gasteiger partial charge in [0.1, 0.15) is 0 Å². The van der Waals surface area contributed by atoms with E-state index in [4.69, 9.17) is 0 Å². The summed E-state index contributed by atoms with van der Waals surface area (Å²) in [7, 11) is 0. The molecular formula is C17H25N. The summed E-state index contributed by atoms with van der Waals surface area (Å²) in [4.78, 5) is 0. The van der Waals surface area contributed by atoms with Gasteiger partial charge in [-0.1, -0.05) is 30.4 Å². The largest absolute Gasteiger partial charge is 0.310 e. The number of hydrogen-bond acceptors (Lipinski definition) is 1. The molecule has 1 nitrogen and oxygen atoms in total. The molecule has 1 heteroatoms. The van der Waals surface area contributed by atoms with Crippen LogP contribution in [0.15, 0.2) is 30.4 Å². The first-order valence-corrected chi connectivity index (χ1v) is 7.27. The summed E-state index contributed by atoms with van der Waals surface area (Å²) in [6.45, 7) is 5.40. The van der Waals surface area contributed by atoms with E-state index >= 15 is 0 Å². The molecule has 0 spiro atoms. The number of nitrogens with one attached hydrogen (secondary N) is 1. The third kappa shape index (κ3) is 3.46. The van der Waals surface area contributed by atoms with Crippen molar-refractivity contribution in [3.8, 4) is 0 Å². The number of rotatable bonds is 5. The molecule has 0 heterocycles. The molecule has 2 rings (SSSR count). The highest BCUT2D eigenvalue weighted by Crippen LogP contribution is 2.24. The third-order valence-electron chi connectivity index (χ3n) is 3.87. The van der Waals surface area contributed by atoms with E-state index in [2.05, 4.69) is 49.5 Å². The minimum atomic E-state index is 0.461. The molecule has 1 N–H and O–H groups in total. The first-order valence-electron chi connectivity index (χ1n) is 7.27. The van der Waals surface area contributed by atoms with Crippen molar-refractivity contribution >= 4 is 0 Å². The van der Waals surface area contributed by atoms with Crippen LogP contribution in [-0.4, -0.2) is 6.54 Å². The molecular weight excluding hydrogens is 218 g/mol. The van der Waals surface area contributed by atoms with Crippen molar-refractivity contribution < 1.29 is 0 Å². The highest BCUT2D eigenvalue weighted by molar-refractivity contribution is 5.35. The average molecular weight is 243 g/mol. The summed E-state index contributed by atoms with van der Waals surface area (Å²) in [5.41, 5.74) is 4.60. The van der Waals surface area contributed by atoms with Crippen molar-refractivity contribution in [2.45, 2.75) is 52.0 Å². The molecule has 1 unspecified atom stereocenters. The van der Waals surface area contributed by atoms with E-state index in [0.717, 1.165) is 13.0 Å².